The fraction of sp³-hybridized carbons (Fsp3) is 0.478. The Hall–Kier alpha value is -1.79. The standard InChI is InChI=1S/C23H29NO3S2/c1-14-6-9-16(10-7-14)28-13-19(25)24-21-20(22(26)27-5)17-11-8-15(23(2,3)4)12-18(17)29-21/h6-7,9-10,15H,8,11-13H2,1-5H3,(H,24,25). The number of thiophene rings is 1. The summed E-state index contributed by atoms with van der Waals surface area (Å²) >= 11 is 3.03. The summed E-state index contributed by atoms with van der Waals surface area (Å²) in [4.78, 5) is 27.3. The Balaban J connectivity index is 1.76. The zero-order chi connectivity index (χ0) is 21.2. The Kier molecular flexibility index (Phi) is 6.74. The number of aryl methyl sites for hydroxylation is 1. The van der Waals surface area contributed by atoms with E-state index in [1.165, 1.54) is 40.6 Å². The summed E-state index contributed by atoms with van der Waals surface area (Å²) in [6.07, 6.45) is 2.85. The number of nitrogens with one attached hydrogen (secondary N) is 1. The van der Waals surface area contributed by atoms with Gasteiger partial charge in [-0.1, -0.05) is 38.5 Å². The smallest absolute Gasteiger partial charge is 0.341 e. The van der Waals surface area contributed by atoms with Gasteiger partial charge in [0.15, 0.2) is 0 Å². The fourth-order valence-electron chi connectivity index (χ4n) is 3.68. The van der Waals surface area contributed by atoms with Gasteiger partial charge in [-0.25, -0.2) is 4.79 Å². The second-order valence-electron chi connectivity index (χ2n) is 8.66. The van der Waals surface area contributed by atoms with E-state index in [1.54, 1.807) is 0 Å². The molecule has 0 aliphatic heterocycles. The SMILES string of the molecule is COC(=O)c1c(NC(=O)CSc2ccc(C)cc2)sc2c1CCC(C(C)(C)C)C2. The lowest BCUT2D eigenvalue weighted by Gasteiger charge is -2.33. The molecule has 1 unspecified atom stereocenters. The third kappa shape index (κ3) is 5.23. The van der Waals surface area contributed by atoms with Gasteiger partial charge in [0.25, 0.3) is 0 Å². The van der Waals surface area contributed by atoms with Gasteiger partial charge in [0.2, 0.25) is 5.91 Å². The van der Waals surface area contributed by atoms with Crippen molar-refractivity contribution >= 4 is 40.0 Å². The van der Waals surface area contributed by atoms with E-state index in [0.29, 0.717) is 22.2 Å². The van der Waals surface area contributed by atoms with Crippen LogP contribution in [-0.4, -0.2) is 24.7 Å². The number of benzene rings is 1. The second-order valence-corrected chi connectivity index (χ2v) is 10.8. The number of anilines is 1. The van der Waals surface area contributed by atoms with E-state index < -0.39 is 0 Å². The molecular weight excluding hydrogens is 402 g/mol. The molecule has 1 aliphatic carbocycles. The number of carbonyl (C=O) groups is 2. The van der Waals surface area contributed by atoms with Crippen molar-refractivity contribution < 1.29 is 14.3 Å². The van der Waals surface area contributed by atoms with Gasteiger partial charge in [-0.2, -0.15) is 0 Å². The topological polar surface area (TPSA) is 55.4 Å². The highest BCUT2D eigenvalue weighted by Gasteiger charge is 2.34. The van der Waals surface area contributed by atoms with Crippen molar-refractivity contribution in [2.75, 3.05) is 18.2 Å². The highest BCUT2D eigenvalue weighted by molar-refractivity contribution is 8.00. The van der Waals surface area contributed by atoms with E-state index in [-0.39, 0.29) is 17.3 Å². The molecule has 2 aromatic rings. The van der Waals surface area contributed by atoms with Crippen molar-refractivity contribution in [1.82, 2.24) is 0 Å². The molecule has 1 aliphatic rings. The van der Waals surface area contributed by atoms with Gasteiger partial charge in [-0.15, -0.1) is 23.1 Å². The van der Waals surface area contributed by atoms with Gasteiger partial charge < -0.3 is 10.1 Å². The summed E-state index contributed by atoms with van der Waals surface area (Å²) < 4.78 is 5.03. The molecule has 1 heterocycles. The minimum absolute atomic E-state index is 0.105. The number of ether oxygens (including phenoxy) is 1. The minimum atomic E-state index is -0.363. The number of rotatable bonds is 5. The highest BCUT2D eigenvalue weighted by Crippen LogP contribution is 2.44. The second kappa shape index (κ2) is 8.92. The zero-order valence-corrected chi connectivity index (χ0v) is 19.4. The maximum Gasteiger partial charge on any atom is 0.341 e. The lowest BCUT2D eigenvalue weighted by atomic mass is 9.72. The van der Waals surface area contributed by atoms with Crippen molar-refractivity contribution in [2.45, 2.75) is 51.9 Å². The summed E-state index contributed by atoms with van der Waals surface area (Å²) in [7, 11) is 1.39. The van der Waals surface area contributed by atoms with Crippen molar-refractivity contribution in [1.29, 1.82) is 0 Å². The average molecular weight is 432 g/mol. The maximum atomic E-state index is 12.6. The number of thioether (sulfide) groups is 1. The van der Waals surface area contributed by atoms with Crippen LogP contribution in [0.1, 0.15) is 53.6 Å². The van der Waals surface area contributed by atoms with Crippen LogP contribution in [0.25, 0.3) is 0 Å². The molecule has 0 saturated carbocycles. The molecule has 0 fully saturated rings. The third-order valence-corrected chi connectivity index (χ3v) is 7.71. The van der Waals surface area contributed by atoms with Crippen molar-refractivity contribution in [3.63, 3.8) is 0 Å². The molecule has 3 rings (SSSR count). The number of carbonyl (C=O) groups excluding carboxylic acids is 2. The van der Waals surface area contributed by atoms with Gasteiger partial charge in [-0.05, 0) is 55.2 Å². The van der Waals surface area contributed by atoms with Gasteiger partial charge in [0.05, 0.1) is 18.4 Å². The van der Waals surface area contributed by atoms with Crippen LogP contribution in [0.3, 0.4) is 0 Å². The lowest BCUT2D eigenvalue weighted by Crippen LogP contribution is -2.26. The predicted octanol–water partition coefficient (Wildman–Crippen LogP) is 5.72. The molecule has 0 radical (unpaired) electrons. The lowest BCUT2D eigenvalue weighted by molar-refractivity contribution is -0.113. The molecule has 0 saturated heterocycles. The largest absolute Gasteiger partial charge is 0.465 e. The molecule has 1 aromatic heterocycles. The minimum Gasteiger partial charge on any atom is -0.465 e. The first-order valence-electron chi connectivity index (χ1n) is 9.91. The summed E-state index contributed by atoms with van der Waals surface area (Å²) in [5, 5.41) is 3.61. The molecule has 0 spiro atoms. The maximum absolute atomic E-state index is 12.6. The summed E-state index contributed by atoms with van der Waals surface area (Å²) in [6, 6.07) is 8.11. The molecule has 156 valence electrons. The van der Waals surface area contributed by atoms with E-state index in [0.717, 1.165) is 29.7 Å². The van der Waals surface area contributed by atoms with Crippen LogP contribution in [0.15, 0.2) is 29.2 Å². The van der Waals surface area contributed by atoms with E-state index >= 15 is 0 Å². The fourth-order valence-corrected chi connectivity index (χ4v) is 5.71. The predicted molar refractivity (Wildman–Crippen MR) is 121 cm³/mol. The van der Waals surface area contributed by atoms with Crippen molar-refractivity contribution in [2.24, 2.45) is 11.3 Å². The van der Waals surface area contributed by atoms with Crippen LogP contribution in [-0.2, 0) is 22.4 Å². The Morgan fingerprint density at radius 3 is 2.55 bits per heavy atom. The molecule has 29 heavy (non-hydrogen) atoms. The van der Waals surface area contributed by atoms with Crippen LogP contribution in [0.5, 0.6) is 0 Å². The van der Waals surface area contributed by atoms with Gasteiger partial charge in [0.1, 0.15) is 5.00 Å². The molecule has 1 aromatic carbocycles. The normalized spacial score (nSPS) is 16.2. The first kappa shape index (κ1) is 21.9. The van der Waals surface area contributed by atoms with E-state index in [1.807, 2.05) is 31.2 Å². The summed E-state index contributed by atoms with van der Waals surface area (Å²) in [5.41, 5.74) is 3.03. The van der Waals surface area contributed by atoms with Gasteiger partial charge in [0, 0.05) is 9.77 Å². The molecule has 1 atom stereocenters. The van der Waals surface area contributed by atoms with Gasteiger partial charge >= 0.3 is 5.97 Å². The Labute approximate surface area is 181 Å². The van der Waals surface area contributed by atoms with Crippen LogP contribution in [0.2, 0.25) is 0 Å². The monoisotopic (exact) mass is 431 g/mol. The van der Waals surface area contributed by atoms with E-state index in [9.17, 15) is 9.59 Å². The number of fused-ring (bicyclic) bond motifs is 1. The van der Waals surface area contributed by atoms with Crippen molar-refractivity contribution in [3.8, 4) is 0 Å². The Morgan fingerprint density at radius 1 is 1.24 bits per heavy atom. The van der Waals surface area contributed by atoms with Crippen LogP contribution < -0.4 is 5.32 Å². The molecule has 4 nitrogen and oxygen atoms in total. The van der Waals surface area contributed by atoms with Crippen LogP contribution in [0, 0.1) is 18.3 Å². The Bertz CT molecular complexity index is 894. The first-order valence-corrected chi connectivity index (χ1v) is 11.7. The molecule has 1 amide bonds. The van der Waals surface area contributed by atoms with E-state index in [4.69, 9.17) is 4.74 Å². The van der Waals surface area contributed by atoms with Crippen molar-refractivity contribution in [3.05, 3.63) is 45.8 Å². The Morgan fingerprint density at radius 2 is 1.93 bits per heavy atom. The molecule has 0 bridgehead atoms. The molecule has 1 N–H and O–H groups in total. The highest BCUT2D eigenvalue weighted by atomic mass is 32.2. The average Bonchev–Trinajstić information content (AvgIpc) is 3.03. The number of methoxy groups -OCH3 is 1. The third-order valence-electron chi connectivity index (χ3n) is 5.52. The summed E-state index contributed by atoms with van der Waals surface area (Å²) in [6.45, 7) is 8.84. The first-order chi connectivity index (χ1) is 13.7. The zero-order valence-electron chi connectivity index (χ0n) is 17.8. The number of amides is 1. The summed E-state index contributed by atoms with van der Waals surface area (Å²) in [5.74, 6) is 0.404. The number of hydrogen-bond donors (Lipinski definition) is 1. The van der Waals surface area contributed by atoms with Crippen LogP contribution in [0.4, 0.5) is 5.00 Å². The van der Waals surface area contributed by atoms with E-state index in [2.05, 4.69) is 26.1 Å². The molecular formula is C23H29NO3S2. The quantitative estimate of drug-likeness (QED) is 0.485. The number of esters is 1. The number of hydrogen-bond acceptors (Lipinski definition) is 5. The molecule has 6 heteroatoms. The van der Waals surface area contributed by atoms with Gasteiger partial charge in [-0.3, -0.25) is 4.79 Å². The van der Waals surface area contributed by atoms with Crippen LogP contribution >= 0.6 is 23.1 Å².